The number of halogens is 3. The Balaban J connectivity index is 0.000000231. The first kappa shape index (κ1) is 18.7. The Morgan fingerprint density at radius 2 is 1.52 bits per heavy atom. The summed E-state index contributed by atoms with van der Waals surface area (Å²) in [7, 11) is 0. The molecule has 0 unspecified atom stereocenters. The Morgan fingerprint density at radius 3 is 1.96 bits per heavy atom. The van der Waals surface area contributed by atoms with Gasteiger partial charge >= 0.3 is 11.4 Å². The minimum absolute atomic E-state index is 0.127. The normalized spacial score (nSPS) is 9.30. The third kappa shape index (κ3) is 5.41. The van der Waals surface area contributed by atoms with Crippen LogP contribution in [0.3, 0.4) is 0 Å². The lowest BCUT2D eigenvalue weighted by Gasteiger charge is -1.93. The second-order valence-corrected chi connectivity index (χ2v) is 5.23. The van der Waals surface area contributed by atoms with Crippen molar-refractivity contribution in [2.24, 2.45) is 0 Å². The van der Waals surface area contributed by atoms with E-state index in [9.17, 15) is 20.2 Å². The number of aromatic nitrogens is 2. The molecule has 0 aliphatic heterocycles. The van der Waals surface area contributed by atoms with E-state index in [1.807, 2.05) is 0 Å². The van der Waals surface area contributed by atoms with Crippen molar-refractivity contribution in [1.82, 2.24) is 9.97 Å². The maximum atomic E-state index is 10.3. The molecule has 2 aromatic rings. The number of hydrogen-bond acceptors (Lipinski definition) is 7. The highest BCUT2D eigenvalue weighted by Crippen LogP contribution is 2.24. The van der Waals surface area contributed by atoms with Gasteiger partial charge in [0.1, 0.15) is 6.07 Å². The van der Waals surface area contributed by atoms with Gasteiger partial charge in [-0.1, -0.05) is 23.2 Å². The third-order valence-corrected chi connectivity index (χ3v) is 3.15. The van der Waals surface area contributed by atoms with Crippen LogP contribution in [0.15, 0.2) is 29.1 Å². The van der Waals surface area contributed by atoms with Crippen LogP contribution in [-0.4, -0.2) is 19.8 Å². The third-order valence-electron chi connectivity index (χ3n) is 2.12. The highest BCUT2D eigenvalue weighted by atomic mass is 79.9. The van der Waals surface area contributed by atoms with Crippen molar-refractivity contribution >= 4 is 50.5 Å². The molecule has 12 heteroatoms. The van der Waals surface area contributed by atoms with Gasteiger partial charge in [0.15, 0.2) is 4.60 Å². The second-order valence-electron chi connectivity index (χ2n) is 3.61. The van der Waals surface area contributed by atoms with E-state index in [-0.39, 0.29) is 31.7 Å². The standard InChI is InChI=1S/C6H2ClN3O2.C5H2BrClN2O2/c7-4-1-6(10(11)12)5(2-8)9-3-4;6-5-4(9(10)11)1-3(7)2-8-5/h1,3H;1-2H. The summed E-state index contributed by atoms with van der Waals surface area (Å²) < 4.78 is 0.187. The lowest BCUT2D eigenvalue weighted by atomic mass is 10.3. The predicted molar refractivity (Wildman–Crippen MR) is 84.2 cm³/mol. The van der Waals surface area contributed by atoms with Gasteiger partial charge in [-0.05, 0) is 15.9 Å². The first-order valence-electron chi connectivity index (χ1n) is 5.41. The Labute approximate surface area is 146 Å². The number of pyridine rings is 2. The summed E-state index contributed by atoms with van der Waals surface area (Å²) in [5, 5.41) is 29.3. The van der Waals surface area contributed by atoms with Crippen LogP contribution in [0, 0.1) is 31.6 Å². The molecular formula is C11H4BrCl2N5O4. The molecule has 2 rings (SSSR count). The van der Waals surface area contributed by atoms with Crippen molar-refractivity contribution in [2.75, 3.05) is 0 Å². The predicted octanol–water partition coefficient (Wildman–Crippen LogP) is 3.92. The quantitative estimate of drug-likeness (QED) is 0.407. The minimum Gasteiger partial charge on any atom is -0.258 e. The summed E-state index contributed by atoms with van der Waals surface area (Å²) in [6, 6.07) is 3.92. The summed E-state index contributed by atoms with van der Waals surface area (Å²) in [6.07, 6.45) is 2.52. The van der Waals surface area contributed by atoms with Gasteiger partial charge in [-0.3, -0.25) is 20.2 Å². The lowest BCUT2D eigenvalue weighted by Crippen LogP contribution is -1.94. The van der Waals surface area contributed by atoms with Crippen LogP contribution in [0.25, 0.3) is 0 Å². The molecule has 23 heavy (non-hydrogen) atoms. The average Bonchev–Trinajstić information content (AvgIpc) is 2.50. The minimum atomic E-state index is -0.697. The topological polar surface area (TPSA) is 136 Å². The molecule has 2 heterocycles. The molecular weight excluding hydrogens is 417 g/mol. The number of hydrogen-bond donors (Lipinski definition) is 0. The Kier molecular flexibility index (Phi) is 6.77. The summed E-state index contributed by atoms with van der Waals surface area (Å²) in [5.41, 5.74) is -0.730. The van der Waals surface area contributed by atoms with E-state index in [0.29, 0.717) is 0 Å². The van der Waals surface area contributed by atoms with Crippen LogP contribution in [0.1, 0.15) is 5.69 Å². The van der Waals surface area contributed by atoms with Crippen LogP contribution >= 0.6 is 39.1 Å². The summed E-state index contributed by atoms with van der Waals surface area (Å²) >= 11 is 13.8. The molecule has 0 atom stereocenters. The molecule has 0 N–H and O–H groups in total. The Morgan fingerprint density at radius 1 is 1.04 bits per heavy atom. The van der Waals surface area contributed by atoms with Crippen LogP contribution in [0.2, 0.25) is 10.0 Å². The maximum Gasteiger partial charge on any atom is 0.307 e. The van der Waals surface area contributed by atoms with Gasteiger partial charge in [0.2, 0.25) is 5.69 Å². The first-order chi connectivity index (χ1) is 10.8. The fourth-order valence-corrected chi connectivity index (χ4v) is 1.86. The molecule has 0 aliphatic rings. The van der Waals surface area contributed by atoms with Gasteiger partial charge in [0.25, 0.3) is 0 Å². The molecule has 9 nitrogen and oxygen atoms in total. The molecule has 2 aromatic heterocycles. The zero-order valence-electron chi connectivity index (χ0n) is 10.8. The average molecular weight is 421 g/mol. The van der Waals surface area contributed by atoms with Crippen molar-refractivity contribution in [3.05, 3.63) is 65.1 Å². The fourth-order valence-electron chi connectivity index (χ4n) is 1.19. The SMILES string of the molecule is N#Cc1ncc(Cl)cc1[N+](=O)[O-].O=[N+]([O-])c1cc(Cl)cnc1Br. The highest BCUT2D eigenvalue weighted by molar-refractivity contribution is 9.10. The summed E-state index contributed by atoms with van der Waals surface area (Å²) in [4.78, 5) is 26.4. The Bertz CT molecular complexity index is 811. The van der Waals surface area contributed by atoms with E-state index in [2.05, 4.69) is 25.9 Å². The molecule has 0 radical (unpaired) electrons. The molecule has 0 bridgehead atoms. The van der Waals surface area contributed by atoms with E-state index in [1.54, 1.807) is 6.07 Å². The number of rotatable bonds is 2. The molecule has 0 fully saturated rings. The number of nitrogens with zero attached hydrogens (tertiary/aromatic N) is 5. The maximum absolute atomic E-state index is 10.3. The van der Waals surface area contributed by atoms with E-state index in [1.165, 1.54) is 18.5 Å². The molecule has 0 aliphatic carbocycles. The van der Waals surface area contributed by atoms with E-state index in [0.717, 1.165) is 6.07 Å². The van der Waals surface area contributed by atoms with Crippen molar-refractivity contribution in [3.63, 3.8) is 0 Å². The van der Waals surface area contributed by atoms with Gasteiger partial charge in [-0.25, -0.2) is 9.97 Å². The smallest absolute Gasteiger partial charge is 0.258 e. The monoisotopic (exact) mass is 419 g/mol. The molecule has 0 amide bonds. The molecule has 0 saturated carbocycles. The van der Waals surface area contributed by atoms with E-state index < -0.39 is 9.85 Å². The summed E-state index contributed by atoms with van der Waals surface area (Å²) in [6.45, 7) is 0. The number of nitro groups is 2. The van der Waals surface area contributed by atoms with E-state index >= 15 is 0 Å². The largest absolute Gasteiger partial charge is 0.307 e. The van der Waals surface area contributed by atoms with Gasteiger partial charge < -0.3 is 0 Å². The highest BCUT2D eigenvalue weighted by Gasteiger charge is 2.15. The van der Waals surface area contributed by atoms with Crippen LogP contribution in [0.5, 0.6) is 0 Å². The zero-order valence-corrected chi connectivity index (χ0v) is 13.9. The molecule has 0 aromatic carbocycles. The first-order valence-corrected chi connectivity index (χ1v) is 6.96. The van der Waals surface area contributed by atoms with Gasteiger partial charge in [-0.2, -0.15) is 5.26 Å². The van der Waals surface area contributed by atoms with Crippen LogP contribution in [0.4, 0.5) is 11.4 Å². The van der Waals surface area contributed by atoms with Crippen molar-refractivity contribution in [1.29, 1.82) is 5.26 Å². The lowest BCUT2D eigenvalue weighted by molar-refractivity contribution is -0.386. The molecule has 0 spiro atoms. The Hall–Kier alpha value is -2.35. The van der Waals surface area contributed by atoms with Crippen LogP contribution in [-0.2, 0) is 0 Å². The summed E-state index contributed by atoms with van der Waals surface area (Å²) in [5.74, 6) is 0. The second kappa shape index (κ2) is 8.33. The van der Waals surface area contributed by atoms with Crippen molar-refractivity contribution < 1.29 is 9.85 Å². The van der Waals surface area contributed by atoms with Gasteiger partial charge in [0, 0.05) is 24.5 Å². The van der Waals surface area contributed by atoms with Crippen molar-refractivity contribution in [3.8, 4) is 6.07 Å². The van der Waals surface area contributed by atoms with E-state index in [4.69, 9.17) is 28.5 Å². The fraction of sp³-hybridized carbons (Fsp3) is 0. The van der Waals surface area contributed by atoms with Gasteiger partial charge in [-0.15, -0.1) is 0 Å². The number of nitriles is 1. The zero-order chi connectivity index (χ0) is 17.6. The van der Waals surface area contributed by atoms with Crippen LogP contribution < -0.4 is 0 Å². The van der Waals surface area contributed by atoms with Gasteiger partial charge in [0.05, 0.1) is 19.9 Å². The molecule has 118 valence electrons. The molecule has 0 saturated heterocycles. The van der Waals surface area contributed by atoms with Crippen molar-refractivity contribution in [2.45, 2.75) is 0 Å².